The van der Waals surface area contributed by atoms with Crippen LogP contribution in [-0.2, 0) is 16.1 Å². The number of aromatic nitrogens is 2. The van der Waals surface area contributed by atoms with E-state index in [-0.39, 0.29) is 18.1 Å². The third-order valence-electron chi connectivity index (χ3n) is 3.46. The Morgan fingerprint density at radius 1 is 1.45 bits per heavy atom. The molecule has 1 aliphatic rings. The van der Waals surface area contributed by atoms with Crippen LogP contribution in [0.2, 0.25) is 0 Å². The van der Waals surface area contributed by atoms with Gasteiger partial charge >= 0.3 is 0 Å². The zero-order valence-corrected chi connectivity index (χ0v) is 12.5. The third-order valence-corrected chi connectivity index (χ3v) is 3.46. The van der Waals surface area contributed by atoms with Gasteiger partial charge < -0.3 is 14.6 Å². The minimum Gasteiger partial charge on any atom is -0.373 e. The van der Waals surface area contributed by atoms with E-state index in [0.717, 1.165) is 25.5 Å². The van der Waals surface area contributed by atoms with Crippen molar-refractivity contribution in [3.8, 4) is 0 Å². The van der Waals surface area contributed by atoms with Gasteiger partial charge in [0.15, 0.2) is 0 Å². The lowest BCUT2D eigenvalue weighted by atomic mass is 10.2. The largest absolute Gasteiger partial charge is 0.373 e. The molecule has 1 amide bonds. The van der Waals surface area contributed by atoms with Gasteiger partial charge in [-0.3, -0.25) is 9.69 Å². The van der Waals surface area contributed by atoms with E-state index in [4.69, 9.17) is 4.74 Å². The number of nitrogens with zero attached hydrogens (tertiary/aromatic N) is 3. The molecule has 0 aromatic carbocycles. The minimum absolute atomic E-state index is 0.0732. The van der Waals surface area contributed by atoms with Crippen LogP contribution in [0.3, 0.4) is 0 Å². The van der Waals surface area contributed by atoms with E-state index in [2.05, 4.69) is 15.2 Å². The number of rotatable bonds is 5. The fourth-order valence-electron chi connectivity index (χ4n) is 2.63. The normalized spacial score (nSPS) is 23.8. The second-order valence-corrected chi connectivity index (χ2v) is 5.47. The Hall–Kier alpha value is -1.40. The summed E-state index contributed by atoms with van der Waals surface area (Å²) in [6, 6.07) is 0. The predicted octanol–water partition coefficient (Wildman–Crippen LogP) is 0.417. The van der Waals surface area contributed by atoms with E-state index >= 15 is 0 Å². The molecule has 1 aromatic rings. The molecule has 2 unspecified atom stereocenters. The van der Waals surface area contributed by atoms with Crippen molar-refractivity contribution in [1.82, 2.24) is 19.8 Å². The lowest BCUT2D eigenvalue weighted by Crippen LogP contribution is -2.49. The van der Waals surface area contributed by atoms with Crippen LogP contribution in [0.5, 0.6) is 0 Å². The van der Waals surface area contributed by atoms with Crippen molar-refractivity contribution in [1.29, 1.82) is 0 Å². The molecule has 0 saturated carbocycles. The van der Waals surface area contributed by atoms with E-state index in [1.807, 2.05) is 31.5 Å². The number of imidazole rings is 1. The number of hydrogen-bond acceptors (Lipinski definition) is 4. The Morgan fingerprint density at radius 2 is 2.15 bits per heavy atom. The standard InChI is InChI=1S/C14H24N4O2/c1-11-8-17(9-12(2)20-11)10-14(19)16-5-7-18-6-4-15-13(18)3/h4,6,11-12H,5,7-10H2,1-3H3,(H,16,19). The highest BCUT2D eigenvalue weighted by molar-refractivity contribution is 5.77. The number of nitrogens with one attached hydrogen (secondary N) is 1. The number of carbonyl (C=O) groups excluding carboxylic acids is 1. The van der Waals surface area contributed by atoms with E-state index in [1.54, 1.807) is 6.20 Å². The van der Waals surface area contributed by atoms with Crippen LogP contribution >= 0.6 is 0 Å². The van der Waals surface area contributed by atoms with E-state index in [9.17, 15) is 4.79 Å². The molecule has 20 heavy (non-hydrogen) atoms. The average molecular weight is 280 g/mol. The number of aryl methyl sites for hydroxylation is 1. The zero-order chi connectivity index (χ0) is 14.5. The highest BCUT2D eigenvalue weighted by atomic mass is 16.5. The van der Waals surface area contributed by atoms with Crippen LogP contribution in [0.15, 0.2) is 12.4 Å². The summed E-state index contributed by atoms with van der Waals surface area (Å²) < 4.78 is 7.68. The zero-order valence-electron chi connectivity index (χ0n) is 12.5. The fraction of sp³-hybridized carbons (Fsp3) is 0.714. The topological polar surface area (TPSA) is 59.4 Å². The first-order chi connectivity index (χ1) is 9.54. The molecule has 1 aromatic heterocycles. The Morgan fingerprint density at radius 3 is 2.75 bits per heavy atom. The number of amides is 1. The average Bonchev–Trinajstić information content (AvgIpc) is 2.73. The van der Waals surface area contributed by atoms with Gasteiger partial charge in [-0.05, 0) is 20.8 Å². The fourth-order valence-corrected chi connectivity index (χ4v) is 2.63. The molecule has 112 valence electrons. The van der Waals surface area contributed by atoms with E-state index < -0.39 is 0 Å². The third kappa shape index (κ3) is 4.31. The first-order valence-electron chi connectivity index (χ1n) is 7.17. The molecule has 6 nitrogen and oxygen atoms in total. The maximum atomic E-state index is 11.9. The molecular formula is C14H24N4O2. The summed E-state index contributed by atoms with van der Waals surface area (Å²) in [6.45, 7) is 9.51. The quantitative estimate of drug-likeness (QED) is 0.849. The summed E-state index contributed by atoms with van der Waals surface area (Å²) >= 11 is 0. The van der Waals surface area contributed by atoms with Crippen molar-refractivity contribution in [3.63, 3.8) is 0 Å². The van der Waals surface area contributed by atoms with Gasteiger partial charge in [0.05, 0.1) is 18.8 Å². The van der Waals surface area contributed by atoms with Gasteiger partial charge in [-0.15, -0.1) is 0 Å². The Labute approximate surface area is 120 Å². The highest BCUT2D eigenvalue weighted by Crippen LogP contribution is 2.09. The highest BCUT2D eigenvalue weighted by Gasteiger charge is 2.23. The SMILES string of the molecule is Cc1nccn1CCNC(=O)CN1CC(C)OC(C)C1. The molecule has 2 heterocycles. The van der Waals surface area contributed by atoms with E-state index in [0.29, 0.717) is 13.1 Å². The summed E-state index contributed by atoms with van der Waals surface area (Å²) in [7, 11) is 0. The summed E-state index contributed by atoms with van der Waals surface area (Å²) in [5, 5.41) is 2.96. The van der Waals surface area contributed by atoms with E-state index in [1.165, 1.54) is 0 Å². The lowest BCUT2D eigenvalue weighted by molar-refractivity contribution is -0.126. The maximum Gasteiger partial charge on any atom is 0.234 e. The molecule has 2 rings (SSSR count). The number of hydrogen-bond donors (Lipinski definition) is 1. The van der Waals surface area contributed by atoms with Crippen LogP contribution < -0.4 is 5.32 Å². The molecule has 0 radical (unpaired) electrons. The molecule has 1 saturated heterocycles. The number of morpholine rings is 1. The van der Waals surface area contributed by atoms with Gasteiger partial charge in [0, 0.05) is 38.6 Å². The minimum atomic E-state index is 0.0732. The van der Waals surface area contributed by atoms with Crippen molar-refractivity contribution in [2.45, 2.75) is 39.5 Å². The molecule has 1 aliphatic heterocycles. The van der Waals surface area contributed by atoms with Gasteiger partial charge in [0.1, 0.15) is 5.82 Å². The Bertz CT molecular complexity index is 436. The van der Waals surface area contributed by atoms with Gasteiger partial charge in [-0.25, -0.2) is 4.98 Å². The van der Waals surface area contributed by atoms with Gasteiger partial charge in [-0.2, -0.15) is 0 Å². The molecule has 6 heteroatoms. The Balaban J connectivity index is 1.69. The summed E-state index contributed by atoms with van der Waals surface area (Å²) in [4.78, 5) is 18.2. The Kier molecular flexibility index (Phi) is 5.14. The van der Waals surface area contributed by atoms with Crippen LogP contribution in [0.1, 0.15) is 19.7 Å². The number of carbonyl (C=O) groups is 1. The lowest BCUT2D eigenvalue weighted by Gasteiger charge is -2.34. The van der Waals surface area contributed by atoms with Crippen molar-refractivity contribution in [2.75, 3.05) is 26.2 Å². The molecule has 1 fully saturated rings. The van der Waals surface area contributed by atoms with Crippen molar-refractivity contribution in [3.05, 3.63) is 18.2 Å². The molecule has 0 aliphatic carbocycles. The number of ether oxygens (including phenoxy) is 1. The van der Waals surface area contributed by atoms with Gasteiger partial charge in [0.2, 0.25) is 5.91 Å². The monoisotopic (exact) mass is 280 g/mol. The predicted molar refractivity (Wildman–Crippen MR) is 76.4 cm³/mol. The molecular weight excluding hydrogens is 256 g/mol. The smallest absolute Gasteiger partial charge is 0.234 e. The van der Waals surface area contributed by atoms with Crippen molar-refractivity contribution < 1.29 is 9.53 Å². The second kappa shape index (κ2) is 6.85. The summed E-state index contributed by atoms with van der Waals surface area (Å²) in [5.41, 5.74) is 0. The molecule has 0 spiro atoms. The summed E-state index contributed by atoms with van der Waals surface area (Å²) in [6.07, 6.45) is 4.08. The van der Waals surface area contributed by atoms with Gasteiger partial charge in [-0.1, -0.05) is 0 Å². The first-order valence-corrected chi connectivity index (χ1v) is 7.17. The van der Waals surface area contributed by atoms with Crippen LogP contribution in [0, 0.1) is 6.92 Å². The van der Waals surface area contributed by atoms with Crippen LogP contribution in [-0.4, -0.2) is 58.7 Å². The molecule has 1 N–H and O–H groups in total. The van der Waals surface area contributed by atoms with Crippen LogP contribution in [0.25, 0.3) is 0 Å². The van der Waals surface area contributed by atoms with Crippen molar-refractivity contribution >= 4 is 5.91 Å². The summed E-state index contributed by atoms with van der Waals surface area (Å²) in [5.74, 6) is 1.04. The van der Waals surface area contributed by atoms with Crippen LogP contribution in [0.4, 0.5) is 0 Å². The molecule has 2 atom stereocenters. The maximum absolute atomic E-state index is 11.9. The van der Waals surface area contributed by atoms with Crippen molar-refractivity contribution in [2.24, 2.45) is 0 Å². The first kappa shape index (κ1) is 15.0. The molecule has 0 bridgehead atoms. The second-order valence-electron chi connectivity index (χ2n) is 5.47. The van der Waals surface area contributed by atoms with Gasteiger partial charge in [0.25, 0.3) is 0 Å².